The number of unbranched alkanes of at least 4 members (excludes halogenated alkanes) is 1. The summed E-state index contributed by atoms with van der Waals surface area (Å²) in [6, 6.07) is 0. The highest BCUT2D eigenvalue weighted by atomic mass is 16.3. The summed E-state index contributed by atoms with van der Waals surface area (Å²) in [6.45, 7) is 18.0. The molecule has 2 nitrogen and oxygen atoms in total. The zero-order valence-electron chi connectivity index (χ0n) is 22.6. The second-order valence-corrected chi connectivity index (χ2v) is 14.0. The molecule has 184 valence electrons. The largest absolute Gasteiger partial charge is 0.390 e. The first-order chi connectivity index (χ1) is 14.7. The fourth-order valence-corrected chi connectivity index (χ4v) is 8.41. The lowest BCUT2D eigenvalue weighted by Gasteiger charge is -2.55. The minimum absolute atomic E-state index is 0.184. The zero-order valence-corrected chi connectivity index (χ0v) is 22.6. The number of Topliss-reactive ketones (excluding diaryl/α,β-unsaturated/α-hetero) is 1. The molecular formula is C30H52O2. The number of carbonyl (C=O) groups is 1. The van der Waals surface area contributed by atoms with Crippen LogP contribution in [0.15, 0.2) is 11.1 Å². The van der Waals surface area contributed by atoms with Crippen molar-refractivity contribution in [2.45, 2.75) is 138 Å². The summed E-state index contributed by atoms with van der Waals surface area (Å²) in [7, 11) is 0. The van der Waals surface area contributed by atoms with E-state index >= 15 is 0 Å². The average molecular weight is 445 g/mol. The van der Waals surface area contributed by atoms with Gasteiger partial charge in [0.1, 0.15) is 5.78 Å². The number of allylic oxidation sites excluding steroid dienone is 2. The monoisotopic (exact) mass is 444 g/mol. The molecule has 5 unspecified atom stereocenters. The summed E-state index contributed by atoms with van der Waals surface area (Å²) in [4.78, 5) is 12.0. The molecular weight excluding hydrogens is 392 g/mol. The van der Waals surface area contributed by atoms with Gasteiger partial charge in [-0.3, -0.25) is 0 Å². The van der Waals surface area contributed by atoms with Gasteiger partial charge in [-0.15, -0.1) is 0 Å². The molecule has 0 spiro atoms. The molecule has 0 heterocycles. The van der Waals surface area contributed by atoms with E-state index in [0.29, 0.717) is 17.1 Å². The molecule has 0 aliphatic heterocycles. The first-order valence-corrected chi connectivity index (χ1v) is 13.6. The van der Waals surface area contributed by atoms with Crippen molar-refractivity contribution in [1.82, 2.24) is 0 Å². The maximum absolute atomic E-state index is 12.0. The van der Waals surface area contributed by atoms with Crippen molar-refractivity contribution in [2.24, 2.45) is 34.0 Å². The van der Waals surface area contributed by atoms with Gasteiger partial charge in [0, 0.05) is 6.42 Å². The Morgan fingerprint density at radius 2 is 1.72 bits per heavy atom. The van der Waals surface area contributed by atoms with Crippen LogP contribution in [0, 0.1) is 34.0 Å². The summed E-state index contributed by atoms with van der Waals surface area (Å²) in [5.74, 6) is 2.62. The second kappa shape index (κ2) is 9.20. The lowest BCUT2D eigenvalue weighted by atomic mass is 9.49. The van der Waals surface area contributed by atoms with Gasteiger partial charge in [-0.05, 0) is 113 Å². The molecule has 1 fully saturated rings. The van der Waals surface area contributed by atoms with Crippen molar-refractivity contribution in [3.8, 4) is 0 Å². The van der Waals surface area contributed by atoms with E-state index in [0.717, 1.165) is 37.5 Å². The van der Waals surface area contributed by atoms with Crippen molar-refractivity contribution < 1.29 is 9.90 Å². The molecule has 0 bridgehead atoms. The van der Waals surface area contributed by atoms with Gasteiger partial charge in [-0.1, -0.05) is 58.6 Å². The van der Waals surface area contributed by atoms with Crippen LogP contribution in [0.5, 0.6) is 0 Å². The maximum Gasteiger partial charge on any atom is 0.129 e. The highest BCUT2D eigenvalue weighted by Gasteiger charge is 2.55. The van der Waals surface area contributed by atoms with Crippen LogP contribution in [0.3, 0.4) is 0 Å². The predicted octanol–water partition coefficient (Wildman–Crippen LogP) is 8.27. The minimum Gasteiger partial charge on any atom is -0.390 e. The summed E-state index contributed by atoms with van der Waals surface area (Å²) < 4.78 is 0. The van der Waals surface area contributed by atoms with Crippen LogP contribution in [-0.2, 0) is 4.79 Å². The Kier molecular flexibility index (Phi) is 7.47. The molecule has 1 N–H and O–H groups in total. The molecule has 0 saturated heterocycles. The van der Waals surface area contributed by atoms with E-state index in [1.807, 2.05) is 19.4 Å². The van der Waals surface area contributed by atoms with Crippen LogP contribution in [-0.4, -0.2) is 16.5 Å². The molecule has 3 rings (SSSR count). The lowest BCUT2D eigenvalue weighted by Crippen LogP contribution is -2.45. The average Bonchev–Trinajstić information content (AvgIpc) is 2.99. The van der Waals surface area contributed by atoms with Gasteiger partial charge >= 0.3 is 0 Å². The summed E-state index contributed by atoms with van der Waals surface area (Å²) in [5.41, 5.74) is 4.00. The number of carbonyl (C=O) groups excluding carboxylic acids is 1. The highest BCUT2D eigenvalue weighted by molar-refractivity contribution is 5.75. The zero-order chi connectivity index (χ0) is 23.9. The number of rotatable bonds is 8. The number of hydrogen-bond donors (Lipinski definition) is 1. The maximum atomic E-state index is 12.0. The van der Waals surface area contributed by atoms with Gasteiger partial charge in [0.15, 0.2) is 0 Å². The van der Waals surface area contributed by atoms with Crippen LogP contribution in [0.2, 0.25) is 0 Å². The van der Waals surface area contributed by atoms with Crippen LogP contribution >= 0.6 is 0 Å². The third-order valence-electron chi connectivity index (χ3n) is 10.0. The molecule has 0 aromatic rings. The third-order valence-corrected chi connectivity index (χ3v) is 10.0. The fourth-order valence-electron chi connectivity index (χ4n) is 8.41. The Labute approximate surface area is 199 Å². The van der Waals surface area contributed by atoms with Gasteiger partial charge in [0.05, 0.1) is 5.60 Å². The van der Waals surface area contributed by atoms with E-state index in [1.54, 1.807) is 12.5 Å². The van der Waals surface area contributed by atoms with E-state index in [1.165, 1.54) is 51.4 Å². The van der Waals surface area contributed by atoms with Crippen LogP contribution in [0.4, 0.5) is 0 Å². The Morgan fingerprint density at radius 1 is 1.03 bits per heavy atom. The van der Waals surface area contributed by atoms with Crippen molar-refractivity contribution in [3.63, 3.8) is 0 Å². The molecule has 5 atom stereocenters. The second-order valence-electron chi connectivity index (χ2n) is 14.0. The minimum atomic E-state index is -0.525. The van der Waals surface area contributed by atoms with Crippen LogP contribution in [0.1, 0.15) is 132 Å². The molecule has 3 aliphatic rings. The van der Waals surface area contributed by atoms with E-state index < -0.39 is 5.60 Å². The van der Waals surface area contributed by atoms with Crippen LogP contribution in [0.25, 0.3) is 0 Å². The van der Waals surface area contributed by atoms with Gasteiger partial charge < -0.3 is 9.90 Å². The Bertz CT molecular complexity index is 718. The van der Waals surface area contributed by atoms with Gasteiger partial charge in [0.2, 0.25) is 0 Å². The number of ketones is 1. The van der Waals surface area contributed by atoms with E-state index in [2.05, 4.69) is 34.6 Å². The first kappa shape index (κ1) is 26.0. The third kappa shape index (κ3) is 5.21. The van der Waals surface area contributed by atoms with Crippen LogP contribution < -0.4 is 0 Å². The fraction of sp³-hybridized carbons (Fsp3) is 0.900. The molecule has 0 radical (unpaired) electrons. The number of aliphatic hydroxyl groups is 1. The Morgan fingerprint density at radius 3 is 2.31 bits per heavy atom. The number of hydrogen-bond acceptors (Lipinski definition) is 2. The molecule has 1 saturated carbocycles. The predicted molar refractivity (Wildman–Crippen MR) is 136 cm³/mol. The smallest absolute Gasteiger partial charge is 0.129 e. The lowest BCUT2D eigenvalue weighted by molar-refractivity contribution is -0.117. The van der Waals surface area contributed by atoms with E-state index in [9.17, 15) is 9.90 Å². The van der Waals surface area contributed by atoms with E-state index in [-0.39, 0.29) is 10.8 Å². The SMILES string of the molecule is CC(=O)CCC1(C)C2=C(CCC1C(C)(C)C)C1CCC(CCCCC(C)(C)O)C1(C)CC2. The quantitative estimate of drug-likeness (QED) is 0.302. The molecule has 2 heteroatoms. The Hall–Kier alpha value is -0.630. The van der Waals surface area contributed by atoms with Crippen molar-refractivity contribution in [1.29, 1.82) is 0 Å². The van der Waals surface area contributed by atoms with Crippen molar-refractivity contribution in [3.05, 3.63) is 11.1 Å². The van der Waals surface area contributed by atoms with Gasteiger partial charge in [0.25, 0.3) is 0 Å². The molecule has 3 aliphatic carbocycles. The normalized spacial score (nSPS) is 35.6. The topological polar surface area (TPSA) is 37.3 Å². The highest BCUT2D eigenvalue weighted by Crippen LogP contribution is 2.65. The summed E-state index contributed by atoms with van der Waals surface area (Å²) >= 11 is 0. The number of fused-ring (bicyclic) bond motifs is 2. The van der Waals surface area contributed by atoms with Gasteiger partial charge in [-0.25, -0.2) is 0 Å². The molecule has 32 heavy (non-hydrogen) atoms. The first-order valence-electron chi connectivity index (χ1n) is 13.6. The molecule has 0 amide bonds. The van der Waals surface area contributed by atoms with Crippen molar-refractivity contribution >= 4 is 5.78 Å². The molecule has 0 aromatic carbocycles. The van der Waals surface area contributed by atoms with Crippen molar-refractivity contribution in [2.75, 3.05) is 0 Å². The standard InChI is InChI=1S/C30H52O2/c1-21(31)16-19-30(8)25-17-20-29(7)22(11-9-10-18-28(5,6)32)12-14-24(29)23(25)13-15-26(30)27(2,3)4/h22,24,26,32H,9-20H2,1-8H3. The summed E-state index contributed by atoms with van der Waals surface area (Å²) in [6.07, 6.45) is 14.3. The Balaban J connectivity index is 1.81. The molecule has 0 aromatic heterocycles. The van der Waals surface area contributed by atoms with Gasteiger partial charge in [-0.2, -0.15) is 0 Å². The van der Waals surface area contributed by atoms with E-state index in [4.69, 9.17) is 0 Å². The summed E-state index contributed by atoms with van der Waals surface area (Å²) in [5, 5.41) is 10.1.